The number of ether oxygens (including phenoxy) is 1. The summed E-state index contributed by atoms with van der Waals surface area (Å²) in [6.45, 7) is -1.03. The predicted octanol–water partition coefficient (Wildman–Crippen LogP) is 5.49. The van der Waals surface area contributed by atoms with Gasteiger partial charge in [-0.25, -0.2) is 18.7 Å². The van der Waals surface area contributed by atoms with Crippen molar-refractivity contribution in [2.24, 2.45) is 0 Å². The minimum atomic E-state index is -3.29. The number of methoxy groups -OCH3 is 1. The highest BCUT2D eigenvalue weighted by atomic mass is 35.5. The third kappa shape index (κ3) is 7.64. The highest BCUT2D eigenvalue weighted by Crippen LogP contribution is 2.42. The summed E-state index contributed by atoms with van der Waals surface area (Å²) in [6, 6.07) is 18.6. The van der Waals surface area contributed by atoms with Gasteiger partial charge in [0.15, 0.2) is 0 Å². The molecule has 4 heterocycles. The summed E-state index contributed by atoms with van der Waals surface area (Å²) >= 11 is 14.1. The number of pyridine rings is 2. The number of benzene rings is 2. The zero-order valence-electron chi connectivity index (χ0n) is 27.0. The molecule has 4 N–H and O–H groups in total. The van der Waals surface area contributed by atoms with Crippen LogP contribution in [0.4, 0.5) is 8.78 Å². The maximum Gasteiger partial charge on any atom is 0.282 e. The van der Waals surface area contributed by atoms with E-state index in [0.717, 1.165) is 12.0 Å². The first-order valence-electron chi connectivity index (χ1n) is 15.9. The van der Waals surface area contributed by atoms with E-state index in [0.29, 0.717) is 74.6 Å². The lowest BCUT2D eigenvalue weighted by Gasteiger charge is -2.16. The summed E-state index contributed by atoms with van der Waals surface area (Å²) in [5.41, 5.74) is 5.10. The number of aromatic nitrogens is 3. The molecule has 0 aliphatic carbocycles. The third-order valence-corrected chi connectivity index (χ3v) is 9.32. The Morgan fingerprint density at radius 2 is 1.68 bits per heavy atom. The molecule has 0 spiro atoms. The molecule has 1 aliphatic heterocycles. The number of halogens is 4. The Balaban J connectivity index is 1.24. The molecule has 6 rings (SSSR count). The minimum absolute atomic E-state index is 0.0764. The number of carbonyl (C=O) groups excluding carboxylic acids is 1. The topological polar surface area (TPSA) is 130 Å². The van der Waals surface area contributed by atoms with E-state index in [2.05, 4.69) is 20.9 Å². The lowest BCUT2D eigenvalue weighted by atomic mass is 9.97. The lowest BCUT2D eigenvalue weighted by molar-refractivity contribution is -0.119. The van der Waals surface area contributed by atoms with Gasteiger partial charge in [0.25, 0.3) is 11.5 Å². The summed E-state index contributed by atoms with van der Waals surface area (Å²) in [5.74, 6) is -2.75. The number of carbonyl (C=O) groups is 1. The second-order valence-electron chi connectivity index (χ2n) is 12.0. The van der Waals surface area contributed by atoms with E-state index >= 15 is 0 Å². The smallest absolute Gasteiger partial charge is 0.282 e. The first-order valence-corrected chi connectivity index (χ1v) is 16.7. The van der Waals surface area contributed by atoms with Crippen molar-refractivity contribution in [2.45, 2.75) is 37.9 Å². The van der Waals surface area contributed by atoms with Gasteiger partial charge >= 0.3 is 0 Å². The van der Waals surface area contributed by atoms with Crippen LogP contribution in [0.5, 0.6) is 5.88 Å². The molecular weight excluding hydrogens is 689 g/mol. The number of aliphatic hydroxyl groups is 1. The monoisotopic (exact) mass is 722 g/mol. The van der Waals surface area contributed by atoms with Gasteiger partial charge in [-0.2, -0.15) is 0 Å². The fourth-order valence-electron chi connectivity index (χ4n) is 5.88. The average molecular weight is 724 g/mol. The van der Waals surface area contributed by atoms with Gasteiger partial charge in [-0.05, 0) is 30.2 Å². The van der Waals surface area contributed by atoms with Crippen molar-refractivity contribution in [3.63, 3.8) is 0 Å². The Morgan fingerprint density at radius 1 is 0.980 bits per heavy atom. The van der Waals surface area contributed by atoms with Crippen molar-refractivity contribution in [3.05, 3.63) is 105 Å². The number of nitrogens with one attached hydrogen (secondary N) is 3. The van der Waals surface area contributed by atoms with Crippen molar-refractivity contribution in [3.8, 4) is 39.4 Å². The van der Waals surface area contributed by atoms with Gasteiger partial charge in [-0.15, -0.1) is 0 Å². The van der Waals surface area contributed by atoms with Crippen LogP contribution in [0.25, 0.3) is 39.2 Å². The van der Waals surface area contributed by atoms with Gasteiger partial charge < -0.3 is 25.8 Å². The second-order valence-corrected chi connectivity index (χ2v) is 12.7. The number of rotatable bonds is 13. The quantitative estimate of drug-likeness (QED) is 0.126. The first kappa shape index (κ1) is 35.4. The maximum absolute atomic E-state index is 13.4. The molecule has 2 aromatic carbocycles. The van der Waals surface area contributed by atoms with Gasteiger partial charge in [0.1, 0.15) is 12.3 Å². The highest BCUT2D eigenvalue weighted by molar-refractivity contribution is 6.39. The van der Waals surface area contributed by atoms with Gasteiger partial charge in [-0.1, -0.05) is 65.7 Å². The van der Waals surface area contributed by atoms with Crippen LogP contribution in [0.1, 0.15) is 24.0 Å². The van der Waals surface area contributed by atoms with E-state index in [4.69, 9.17) is 38.0 Å². The molecule has 14 heteroatoms. The van der Waals surface area contributed by atoms with E-state index < -0.39 is 24.6 Å². The van der Waals surface area contributed by atoms with Crippen LogP contribution >= 0.6 is 23.2 Å². The van der Waals surface area contributed by atoms with Crippen LogP contribution in [0, 0.1) is 0 Å². The summed E-state index contributed by atoms with van der Waals surface area (Å²) in [6.07, 6.45) is 4.27. The summed E-state index contributed by atoms with van der Waals surface area (Å²) in [4.78, 5) is 33.7. The molecule has 1 fully saturated rings. The van der Waals surface area contributed by atoms with Crippen molar-refractivity contribution < 1.29 is 23.4 Å². The molecule has 1 atom stereocenters. The lowest BCUT2D eigenvalue weighted by Crippen LogP contribution is -2.36. The van der Waals surface area contributed by atoms with E-state index in [1.54, 1.807) is 25.4 Å². The minimum Gasteiger partial charge on any atom is -0.481 e. The largest absolute Gasteiger partial charge is 0.481 e. The summed E-state index contributed by atoms with van der Waals surface area (Å²) < 4.78 is 33.7. The van der Waals surface area contributed by atoms with E-state index in [-0.39, 0.29) is 24.1 Å². The maximum atomic E-state index is 13.4. The van der Waals surface area contributed by atoms with Crippen LogP contribution in [0.15, 0.2) is 77.9 Å². The number of nitrogens with zero attached hydrogens (tertiary/aromatic N) is 3. The van der Waals surface area contributed by atoms with Crippen molar-refractivity contribution in [1.29, 1.82) is 0 Å². The van der Waals surface area contributed by atoms with Crippen molar-refractivity contribution in [2.75, 3.05) is 26.8 Å². The average Bonchev–Trinajstić information content (AvgIpc) is 3.54. The highest BCUT2D eigenvalue weighted by Gasteiger charge is 2.27. The van der Waals surface area contributed by atoms with Crippen LogP contribution in [-0.4, -0.2) is 64.2 Å². The van der Waals surface area contributed by atoms with Gasteiger partial charge in [0.2, 0.25) is 11.8 Å². The number of alkyl halides is 2. The van der Waals surface area contributed by atoms with Crippen LogP contribution < -0.4 is 26.2 Å². The Labute approximate surface area is 296 Å². The molecule has 0 saturated carbocycles. The number of aliphatic hydroxyl groups excluding tert-OH is 1. The van der Waals surface area contributed by atoms with Crippen molar-refractivity contribution >= 4 is 34.8 Å². The van der Waals surface area contributed by atoms with Gasteiger partial charge in [0.05, 0.1) is 29.4 Å². The number of hydrogen-bond acceptors (Lipinski definition) is 8. The Morgan fingerprint density at radius 3 is 2.38 bits per heavy atom. The van der Waals surface area contributed by atoms with E-state index in [9.17, 15) is 18.4 Å². The summed E-state index contributed by atoms with van der Waals surface area (Å²) in [7, 11) is 1.56. The first-order chi connectivity index (χ1) is 24.1. The number of amides is 1. The van der Waals surface area contributed by atoms with Gasteiger partial charge in [0, 0.05) is 77.9 Å². The van der Waals surface area contributed by atoms with Crippen LogP contribution in [0.2, 0.25) is 10.0 Å². The van der Waals surface area contributed by atoms with Gasteiger partial charge in [-0.3, -0.25) is 14.0 Å². The zero-order valence-corrected chi connectivity index (χ0v) is 28.5. The molecule has 5 aromatic rings. The molecule has 50 heavy (non-hydrogen) atoms. The molecule has 0 radical (unpaired) electrons. The molecule has 1 aliphatic rings. The molecule has 0 unspecified atom stereocenters. The van der Waals surface area contributed by atoms with Crippen LogP contribution in [-0.2, 0) is 17.9 Å². The van der Waals surface area contributed by atoms with Crippen molar-refractivity contribution in [1.82, 2.24) is 30.3 Å². The molecular formula is C36H34Cl2F2N6O4. The summed E-state index contributed by atoms with van der Waals surface area (Å²) in [5, 5.41) is 18.5. The van der Waals surface area contributed by atoms with E-state index in [1.807, 2.05) is 48.5 Å². The number of hydrogen-bond donors (Lipinski definition) is 4. The van der Waals surface area contributed by atoms with Crippen LogP contribution in [0.3, 0.4) is 0 Å². The Hall–Kier alpha value is -4.46. The number of fused-ring (bicyclic) bond motifs is 1. The Bertz CT molecular complexity index is 2110. The fourth-order valence-corrected chi connectivity index (χ4v) is 6.54. The molecule has 260 valence electrons. The fraction of sp³-hybridized carbons (Fsp3) is 0.278. The molecule has 1 saturated heterocycles. The molecule has 0 bridgehead atoms. The molecule has 3 aromatic heterocycles. The van der Waals surface area contributed by atoms with E-state index in [1.165, 1.54) is 10.6 Å². The normalized spacial score (nSPS) is 14.7. The Kier molecular flexibility index (Phi) is 10.7. The standard InChI is InChI=1S/C36H34Cl2F2N6O4/c1-50-34-22(15-41-18-24-9-11-31(48)44-24)8-10-29(45-34)28-7-3-6-27(33(28)38)26-5-2-4-25(32(26)37)21-12-13-46-30(14-21)43-17-23(35(46)49)16-42-19-36(39,40)20-47/h2-8,10,12-14,17,24,41-42,47H,9,11,15-16,18-20H2,1H3,(H,44,48)/t24-/m0/s1. The predicted molar refractivity (Wildman–Crippen MR) is 189 cm³/mol. The second kappa shape index (κ2) is 15.2. The molecule has 10 nitrogen and oxygen atoms in total. The SMILES string of the molecule is COc1nc(-c2cccc(-c3cccc(-c4ccn5c(=O)c(CNCC(F)(F)CO)cnc5c4)c3Cl)c2Cl)ccc1CNC[C@@H]1CCC(=O)N1. The molecule has 1 amide bonds. The third-order valence-electron chi connectivity index (χ3n) is 8.51. The zero-order chi connectivity index (χ0) is 35.4.